The zero-order valence-corrected chi connectivity index (χ0v) is 18.4. The van der Waals surface area contributed by atoms with E-state index in [-0.39, 0.29) is 16.4 Å². The van der Waals surface area contributed by atoms with Gasteiger partial charge in [-0.2, -0.15) is 0 Å². The maximum atomic E-state index is 13.2. The van der Waals surface area contributed by atoms with Gasteiger partial charge in [-0.15, -0.1) is 0 Å². The number of nitrogens with zero attached hydrogens (tertiary/aromatic N) is 1. The molecule has 1 unspecified atom stereocenters. The van der Waals surface area contributed by atoms with Crippen molar-refractivity contribution in [2.24, 2.45) is 0 Å². The standard InChI is InChI=1S/C25H19Cl2NO3/c1-14-7-6-10-20(15(14)2)28-22(16-8-4-3-5-9-16)21(24(30)25(28)31)23(29)17-11-12-18(26)19(27)13-17/h3-13,22,29H,1-2H3/b23-21+. The van der Waals surface area contributed by atoms with Crippen LogP contribution in [-0.2, 0) is 9.59 Å². The van der Waals surface area contributed by atoms with Crippen LogP contribution in [0.25, 0.3) is 5.76 Å². The van der Waals surface area contributed by atoms with Crippen LogP contribution >= 0.6 is 23.2 Å². The number of carbonyl (C=O) groups is 2. The van der Waals surface area contributed by atoms with Gasteiger partial charge in [0.05, 0.1) is 21.7 Å². The Morgan fingerprint density at radius 1 is 0.903 bits per heavy atom. The van der Waals surface area contributed by atoms with E-state index in [0.717, 1.165) is 11.1 Å². The Kier molecular flexibility index (Phi) is 5.61. The first-order valence-corrected chi connectivity index (χ1v) is 10.4. The number of benzene rings is 3. The molecule has 3 aromatic rings. The Balaban J connectivity index is 1.98. The van der Waals surface area contributed by atoms with Gasteiger partial charge in [-0.05, 0) is 54.8 Å². The van der Waals surface area contributed by atoms with E-state index in [0.29, 0.717) is 21.8 Å². The molecule has 156 valence electrons. The zero-order valence-electron chi connectivity index (χ0n) is 16.9. The second-order valence-corrected chi connectivity index (χ2v) is 8.24. The fourth-order valence-corrected chi connectivity index (χ4v) is 4.13. The van der Waals surface area contributed by atoms with Crippen molar-refractivity contribution in [1.29, 1.82) is 0 Å². The largest absolute Gasteiger partial charge is 0.507 e. The summed E-state index contributed by atoms with van der Waals surface area (Å²) in [5, 5.41) is 11.7. The van der Waals surface area contributed by atoms with Crippen LogP contribution in [0.1, 0.15) is 28.3 Å². The third-order valence-electron chi connectivity index (χ3n) is 5.59. The van der Waals surface area contributed by atoms with Crippen LogP contribution in [0.5, 0.6) is 0 Å². The maximum Gasteiger partial charge on any atom is 0.300 e. The molecule has 4 rings (SSSR count). The number of ketones is 1. The molecule has 1 aliphatic heterocycles. The minimum Gasteiger partial charge on any atom is -0.507 e. The van der Waals surface area contributed by atoms with Gasteiger partial charge >= 0.3 is 0 Å². The average molecular weight is 452 g/mol. The summed E-state index contributed by atoms with van der Waals surface area (Å²) in [6.07, 6.45) is 0. The van der Waals surface area contributed by atoms with Gasteiger partial charge in [0.25, 0.3) is 11.7 Å². The number of aliphatic hydroxyl groups is 1. The van der Waals surface area contributed by atoms with Crippen LogP contribution in [0.15, 0.2) is 72.3 Å². The van der Waals surface area contributed by atoms with Gasteiger partial charge in [-0.3, -0.25) is 14.5 Å². The van der Waals surface area contributed by atoms with Crippen molar-refractivity contribution < 1.29 is 14.7 Å². The van der Waals surface area contributed by atoms with Crippen LogP contribution in [-0.4, -0.2) is 16.8 Å². The molecule has 0 radical (unpaired) electrons. The number of hydrogen-bond donors (Lipinski definition) is 1. The molecule has 1 amide bonds. The number of anilines is 1. The summed E-state index contributed by atoms with van der Waals surface area (Å²) in [6.45, 7) is 3.85. The van der Waals surface area contributed by atoms with E-state index in [9.17, 15) is 14.7 Å². The number of aliphatic hydroxyl groups excluding tert-OH is 1. The zero-order chi connectivity index (χ0) is 22.3. The summed E-state index contributed by atoms with van der Waals surface area (Å²) in [4.78, 5) is 27.8. The lowest BCUT2D eigenvalue weighted by Crippen LogP contribution is -2.30. The Hall–Kier alpha value is -3.08. The number of Topliss-reactive ketones (excluding diaryl/α,β-unsaturated/α-hetero) is 1. The molecule has 1 fully saturated rings. The topological polar surface area (TPSA) is 57.6 Å². The van der Waals surface area contributed by atoms with Crippen LogP contribution in [0, 0.1) is 13.8 Å². The van der Waals surface area contributed by atoms with Crippen LogP contribution < -0.4 is 4.90 Å². The molecule has 0 aromatic heterocycles. The lowest BCUT2D eigenvalue weighted by molar-refractivity contribution is -0.132. The van der Waals surface area contributed by atoms with Gasteiger partial charge in [-0.1, -0.05) is 65.7 Å². The minimum absolute atomic E-state index is 0.00972. The minimum atomic E-state index is -0.781. The highest BCUT2D eigenvalue weighted by Crippen LogP contribution is 2.43. The first-order chi connectivity index (χ1) is 14.8. The van der Waals surface area contributed by atoms with Gasteiger partial charge in [0.2, 0.25) is 0 Å². The lowest BCUT2D eigenvalue weighted by Gasteiger charge is -2.27. The Morgan fingerprint density at radius 3 is 2.29 bits per heavy atom. The maximum absolute atomic E-state index is 13.2. The molecule has 3 aromatic carbocycles. The molecule has 31 heavy (non-hydrogen) atoms. The Bertz CT molecular complexity index is 1230. The van der Waals surface area contributed by atoms with Gasteiger partial charge in [0.15, 0.2) is 0 Å². The second kappa shape index (κ2) is 8.22. The van der Waals surface area contributed by atoms with E-state index in [1.165, 1.54) is 17.0 Å². The first-order valence-electron chi connectivity index (χ1n) is 9.69. The molecule has 4 nitrogen and oxygen atoms in total. The molecule has 1 heterocycles. The lowest BCUT2D eigenvalue weighted by atomic mass is 9.94. The highest BCUT2D eigenvalue weighted by Gasteiger charge is 2.47. The highest BCUT2D eigenvalue weighted by molar-refractivity contribution is 6.52. The van der Waals surface area contributed by atoms with E-state index in [1.54, 1.807) is 6.07 Å². The molecular formula is C25H19Cl2NO3. The molecular weight excluding hydrogens is 433 g/mol. The van der Waals surface area contributed by atoms with Crippen molar-refractivity contribution in [2.45, 2.75) is 19.9 Å². The van der Waals surface area contributed by atoms with Crippen LogP contribution in [0.2, 0.25) is 10.0 Å². The van der Waals surface area contributed by atoms with E-state index < -0.39 is 17.7 Å². The van der Waals surface area contributed by atoms with E-state index >= 15 is 0 Å². The molecule has 0 spiro atoms. The van der Waals surface area contributed by atoms with Crippen molar-refractivity contribution in [1.82, 2.24) is 0 Å². The van der Waals surface area contributed by atoms with Gasteiger partial charge < -0.3 is 5.11 Å². The summed E-state index contributed by atoms with van der Waals surface area (Å²) in [7, 11) is 0. The van der Waals surface area contributed by atoms with Gasteiger partial charge in [0.1, 0.15) is 5.76 Å². The summed E-state index contributed by atoms with van der Waals surface area (Å²) < 4.78 is 0. The molecule has 0 aliphatic carbocycles. The Morgan fingerprint density at radius 2 is 1.61 bits per heavy atom. The number of hydrogen-bond acceptors (Lipinski definition) is 3. The molecule has 1 atom stereocenters. The van der Waals surface area contributed by atoms with Crippen molar-refractivity contribution in [3.63, 3.8) is 0 Å². The second-order valence-electron chi connectivity index (χ2n) is 7.43. The number of rotatable bonds is 3. The summed E-state index contributed by atoms with van der Waals surface area (Å²) in [6, 6.07) is 18.6. The van der Waals surface area contributed by atoms with Crippen LogP contribution in [0.4, 0.5) is 5.69 Å². The number of amides is 1. The first kappa shape index (κ1) is 21.2. The predicted molar refractivity (Wildman–Crippen MR) is 124 cm³/mol. The van der Waals surface area contributed by atoms with E-state index in [4.69, 9.17) is 23.2 Å². The highest BCUT2D eigenvalue weighted by atomic mass is 35.5. The quantitative estimate of drug-likeness (QED) is 0.291. The molecule has 1 saturated heterocycles. The number of aryl methyl sites for hydroxylation is 1. The van der Waals surface area contributed by atoms with Gasteiger partial charge in [-0.25, -0.2) is 0 Å². The normalized spacial score (nSPS) is 17.9. The molecule has 1 N–H and O–H groups in total. The molecule has 0 saturated carbocycles. The van der Waals surface area contributed by atoms with E-state index in [2.05, 4.69) is 0 Å². The third kappa shape index (κ3) is 3.62. The van der Waals surface area contributed by atoms with Crippen molar-refractivity contribution in [2.75, 3.05) is 4.90 Å². The summed E-state index contributed by atoms with van der Waals surface area (Å²) in [5.74, 6) is -1.74. The molecule has 6 heteroatoms. The summed E-state index contributed by atoms with van der Waals surface area (Å²) >= 11 is 12.1. The third-order valence-corrected chi connectivity index (χ3v) is 6.33. The fraction of sp³-hybridized carbons (Fsp3) is 0.120. The van der Waals surface area contributed by atoms with E-state index in [1.807, 2.05) is 62.4 Å². The number of halogens is 2. The smallest absolute Gasteiger partial charge is 0.300 e. The number of carbonyl (C=O) groups excluding carboxylic acids is 2. The monoisotopic (exact) mass is 451 g/mol. The summed E-state index contributed by atoms with van der Waals surface area (Å²) in [5.41, 5.74) is 3.55. The van der Waals surface area contributed by atoms with Crippen molar-refractivity contribution in [3.05, 3.63) is 105 Å². The fourth-order valence-electron chi connectivity index (χ4n) is 3.83. The molecule has 1 aliphatic rings. The van der Waals surface area contributed by atoms with Crippen molar-refractivity contribution >= 4 is 46.3 Å². The van der Waals surface area contributed by atoms with Crippen LogP contribution in [0.3, 0.4) is 0 Å². The predicted octanol–water partition coefficient (Wildman–Crippen LogP) is 6.24. The molecule has 0 bridgehead atoms. The van der Waals surface area contributed by atoms with Gasteiger partial charge in [0, 0.05) is 11.3 Å². The Labute approximate surface area is 190 Å². The SMILES string of the molecule is Cc1cccc(N2C(=O)C(=O)/C(=C(/O)c3ccc(Cl)c(Cl)c3)C2c2ccccc2)c1C. The van der Waals surface area contributed by atoms with Crippen molar-refractivity contribution in [3.8, 4) is 0 Å². The average Bonchev–Trinajstić information content (AvgIpc) is 3.03.